The maximum absolute atomic E-state index is 13.0. The van der Waals surface area contributed by atoms with E-state index in [0.29, 0.717) is 23.1 Å². The number of piperidine rings is 1. The van der Waals surface area contributed by atoms with Gasteiger partial charge in [0.15, 0.2) is 0 Å². The number of nitrogens with zero attached hydrogens (tertiary/aromatic N) is 2. The summed E-state index contributed by atoms with van der Waals surface area (Å²) >= 11 is 0. The summed E-state index contributed by atoms with van der Waals surface area (Å²) in [6, 6.07) is 4.99. The van der Waals surface area contributed by atoms with Crippen molar-refractivity contribution in [3.63, 3.8) is 0 Å². The van der Waals surface area contributed by atoms with Crippen LogP contribution in [-0.4, -0.2) is 21.4 Å². The number of rotatable bonds is 1. The van der Waals surface area contributed by atoms with Gasteiger partial charge in [0.2, 0.25) is 11.8 Å². The molecular weight excluding hydrogens is 306 g/mol. The van der Waals surface area contributed by atoms with E-state index in [1.54, 1.807) is 6.92 Å². The van der Waals surface area contributed by atoms with Gasteiger partial charge in [-0.05, 0) is 36.5 Å². The first kappa shape index (κ1) is 16.4. The topological polar surface area (TPSA) is 81.1 Å². The zero-order chi connectivity index (χ0) is 17.6. The second kappa shape index (κ2) is 5.54. The van der Waals surface area contributed by atoms with Gasteiger partial charge < -0.3 is 0 Å². The number of carbonyl (C=O) groups excluding carboxylic acids is 2. The highest BCUT2D eigenvalue weighted by atomic mass is 16.2. The van der Waals surface area contributed by atoms with E-state index in [1.165, 1.54) is 4.57 Å². The average Bonchev–Trinajstić information content (AvgIpc) is 2.48. The minimum absolute atomic E-state index is 0.0923. The lowest BCUT2D eigenvalue weighted by atomic mass is 9.86. The van der Waals surface area contributed by atoms with Crippen molar-refractivity contribution in [3.8, 4) is 0 Å². The molecule has 2 aromatic rings. The Labute approximate surface area is 139 Å². The number of hydrogen-bond donors (Lipinski definition) is 1. The minimum Gasteiger partial charge on any atom is -0.295 e. The fourth-order valence-corrected chi connectivity index (χ4v) is 3.07. The van der Waals surface area contributed by atoms with E-state index in [4.69, 9.17) is 0 Å². The molecule has 1 aliphatic rings. The molecule has 1 aliphatic heterocycles. The summed E-state index contributed by atoms with van der Waals surface area (Å²) in [5.74, 6) is -0.263. The van der Waals surface area contributed by atoms with Crippen molar-refractivity contribution in [2.75, 3.05) is 0 Å². The number of aromatic nitrogens is 2. The van der Waals surface area contributed by atoms with Crippen LogP contribution in [0, 0.1) is 6.92 Å². The smallest absolute Gasteiger partial charge is 0.262 e. The molecule has 1 aromatic carbocycles. The molecule has 1 unspecified atom stereocenters. The van der Waals surface area contributed by atoms with Crippen molar-refractivity contribution in [2.45, 2.75) is 52.0 Å². The Morgan fingerprint density at radius 2 is 1.92 bits per heavy atom. The van der Waals surface area contributed by atoms with Gasteiger partial charge in [-0.15, -0.1) is 0 Å². The lowest BCUT2D eigenvalue weighted by Gasteiger charge is -2.25. The predicted octanol–water partition coefficient (Wildman–Crippen LogP) is 1.98. The summed E-state index contributed by atoms with van der Waals surface area (Å²) in [5, 5.41) is 2.80. The van der Waals surface area contributed by atoms with E-state index in [1.807, 2.05) is 18.2 Å². The van der Waals surface area contributed by atoms with Crippen molar-refractivity contribution in [3.05, 3.63) is 39.9 Å². The zero-order valence-corrected chi connectivity index (χ0v) is 14.3. The Morgan fingerprint density at radius 1 is 1.21 bits per heavy atom. The highest BCUT2D eigenvalue weighted by molar-refractivity contribution is 5.99. The molecule has 0 saturated carbocycles. The van der Waals surface area contributed by atoms with Crippen LogP contribution in [0.4, 0.5) is 0 Å². The molecule has 0 aliphatic carbocycles. The minimum atomic E-state index is -0.689. The van der Waals surface area contributed by atoms with Gasteiger partial charge in [-0.1, -0.05) is 26.8 Å². The van der Waals surface area contributed by atoms with Crippen LogP contribution in [0.15, 0.2) is 23.0 Å². The molecular formula is C18H21N3O3. The molecule has 1 saturated heterocycles. The van der Waals surface area contributed by atoms with Crippen LogP contribution in [0.3, 0.4) is 0 Å². The Morgan fingerprint density at radius 3 is 2.54 bits per heavy atom. The van der Waals surface area contributed by atoms with Gasteiger partial charge in [-0.2, -0.15) is 0 Å². The number of benzene rings is 1. The third-order valence-electron chi connectivity index (χ3n) is 4.46. The van der Waals surface area contributed by atoms with E-state index >= 15 is 0 Å². The van der Waals surface area contributed by atoms with Crippen LogP contribution in [-0.2, 0) is 15.0 Å². The summed E-state index contributed by atoms with van der Waals surface area (Å²) in [6.45, 7) is 7.94. The quantitative estimate of drug-likeness (QED) is 0.812. The number of carbonyl (C=O) groups is 2. The normalized spacial score (nSPS) is 18.8. The van der Waals surface area contributed by atoms with Crippen molar-refractivity contribution in [2.24, 2.45) is 0 Å². The first-order valence-corrected chi connectivity index (χ1v) is 8.05. The SMILES string of the molecule is Cc1nc2ccc(C(C)(C)C)cc2c(=O)n1C1CCC(=O)NC1=O. The highest BCUT2D eigenvalue weighted by Gasteiger charge is 2.30. The van der Waals surface area contributed by atoms with E-state index in [2.05, 4.69) is 31.1 Å². The fraction of sp³-hybridized carbons (Fsp3) is 0.444. The van der Waals surface area contributed by atoms with E-state index < -0.39 is 11.9 Å². The molecule has 126 valence electrons. The lowest BCUT2D eigenvalue weighted by Crippen LogP contribution is -2.45. The summed E-state index contributed by atoms with van der Waals surface area (Å²) in [5.41, 5.74) is 1.32. The molecule has 0 bridgehead atoms. The number of fused-ring (bicyclic) bond motifs is 1. The number of nitrogens with one attached hydrogen (secondary N) is 1. The molecule has 24 heavy (non-hydrogen) atoms. The number of amides is 2. The van der Waals surface area contributed by atoms with Gasteiger partial charge in [-0.3, -0.25) is 24.3 Å². The summed E-state index contributed by atoms with van der Waals surface area (Å²) < 4.78 is 1.41. The summed E-state index contributed by atoms with van der Waals surface area (Å²) in [7, 11) is 0. The lowest BCUT2D eigenvalue weighted by molar-refractivity contribution is -0.135. The second-order valence-electron chi connectivity index (χ2n) is 7.28. The molecule has 1 N–H and O–H groups in total. The predicted molar refractivity (Wildman–Crippen MR) is 90.9 cm³/mol. The molecule has 1 atom stereocenters. The van der Waals surface area contributed by atoms with E-state index in [9.17, 15) is 14.4 Å². The van der Waals surface area contributed by atoms with Crippen molar-refractivity contribution in [1.29, 1.82) is 0 Å². The number of imide groups is 1. The maximum Gasteiger partial charge on any atom is 0.262 e. The van der Waals surface area contributed by atoms with Crippen LogP contribution in [0.5, 0.6) is 0 Å². The van der Waals surface area contributed by atoms with Gasteiger partial charge in [0.1, 0.15) is 11.9 Å². The summed E-state index contributed by atoms with van der Waals surface area (Å²) in [4.78, 5) is 41.0. The standard InChI is InChI=1S/C18H21N3O3/c1-10-19-13-6-5-11(18(2,3)4)9-12(13)17(24)21(10)14-7-8-15(22)20-16(14)23/h5-6,9,14H,7-8H2,1-4H3,(H,20,22,23). The molecule has 2 heterocycles. The van der Waals surface area contributed by atoms with Crippen molar-refractivity contribution < 1.29 is 9.59 Å². The second-order valence-corrected chi connectivity index (χ2v) is 7.28. The summed E-state index contributed by atoms with van der Waals surface area (Å²) in [6.07, 6.45) is 0.542. The maximum atomic E-state index is 13.0. The highest BCUT2D eigenvalue weighted by Crippen LogP contribution is 2.25. The largest absolute Gasteiger partial charge is 0.295 e. The van der Waals surface area contributed by atoms with Crippen LogP contribution in [0.2, 0.25) is 0 Å². The zero-order valence-electron chi connectivity index (χ0n) is 14.3. The average molecular weight is 327 g/mol. The van der Waals surface area contributed by atoms with E-state index in [0.717, 1.165) is 5.56 Å². The third-order valence-corrected chi connectivity index (χ3v) is 4.46. The Bertz CT molecular complexity index is 906. The molecule has 0 spiro atoms. The molecule has 6 nitrogen and oxygen atoms in total. The molecule has 1 fully saturated rings. The van der Waals surface area contributed by atoms with Crippen molar-refractivity contribution in [1.82, 2.24) is 14.9 Å². The fourth-order valence-electron chi connectivity index (χ4n) is 3.07. The van der Waals surface area contributed by atoms with Crippen LogP contribution in [0.25, 0.3) is 10.9 Å². The van der Waals surface area contributed by atoms with Gasteiger partial charge in [0, 0.05) is 6.42 Å². The first-order valence-electron chi connectivity index (χ1n) is 8.05. The Kier molecular flexibility index (Phi) is 3.78. The Balaban J connectivity index is 2.20. The van der Waals surface area contributed by atoms with Gasteiger partial charge in [0.25, 0.3) is 5.56 Å². The van der Waals surface area contributed by atoms with Gasteiger partial charge >= 0.3 is 0 Å². The molecule has 0 radical (unpaired) electrons. The molecule has 6 heteroatoms. The Hall–Kier alpha value is -2.50. The van der Waals surface area contributed by atoms with Crippen LogP contribution < -0.4 is 10.9 Å². The monoisotopic (exact) mass is 327 g/mol. The number of hydrogen-bond acceptors (Lipinski definition) is 4. The van der Waals surface area contributed by atoms with Gasteiger partial charge in [0.05, 0.1) is 10.9 Å². The molecule has 3 rings (SSSR count). The first-order chi connectivity index (χ1) is 11.2. The third kappa shape index (κ3) is 2.72. The number of aryl methyl sites for hydroxylation is 1. The van der Waals surface area contributed by atoms with Gasteiger partial charge in [-0.25, -0.2) is 4.98 Å². The molecule has 2 amide bonds. The van der Waals surface area contributed by atoms with Crippen molar-refractivity contribution >= 4 is 22.7 Å². The van der Waals surface area contributed by atoms with Crippen LogP contribution in [0.1, 0.15) is 51.0 Å². The van der Waals surface area contributed by atoms with Crippen LogP contribution >= 0.6 is 0 Å². The van der Waals surface area contributed by atoms with E-state index in [-0.39, 0.29) is 23.3 Å². The molecule has 1 aromatic heterocycles.